The van der Waals surface area contributed by atoms with Crippen molar-refractivity contribution in [3.05, 3.63) is 23.7 Å². The molecule has 1 aliphatic heterocycles. The molecule has 3 heterocycles. The number of hydrogen-bond donors (Lipinski definition) is 1. The molecule has 0 bridgehead atoms. The van der Waals surface area contributed by atoms with E-state index in [9.17, 15) is 0 Å². The smallest absolute Gasteiger partial charge is 0.163 e. The van der Waals surface area contributed by atoms with Crippen molar-refractivity contribution in [2.75, 3.05) is 18.5 Å². The minimum Gasteiger partial charge on any atom is -0.367 e. The Hall–Kier alpha value is -1.17. The Labute approximate surface area is 110 Å². The average Bonchev–Trinajstić information content (AvgIpc) is 2.92. The van der Waals surface area contributed by atoms with Gasteiger partial charge in [-0.2, -0.15) is 0 Å². The summed E-state index contributed by atoms with van der Waals surface area (Å²) < 4.78 is 12.5. The van der Waals surface area contributed by atoms with Crippen LogP contribution in [0.4, 0.5) is 5.82 Å². The molecule has 5 heteroatoms. The van der Waals surface area contributed by atoms with Gasteiger partial charge in [-0.3, -0.25) is 0 Å². The topological polar surface area (TPSA) is 43.4 Å². The van der Waals surface area contributed by atoms with Crippen molar-refractivity contribution in [2.45, 2.75) is 25.7 Å². The number of aromatic nitrogens is 1. The Morgan fingerprint density at radius 1 is 1.50 bits per heavy atom. The molecule has 1 N–H and O–H groups in total. The van der Waals surface area contributed by atoms with Gasteiger partial charge >= 0.3 is 0 Å². The summed E-state index contributed by atoms with van der Waals surface area (Å²) in [4.78, 5) is 4.38. The summed E-state index contributed by atoms with van der Waals surface area (Å²) in [5.41, 5.74) is 0. The zero-order chi connectivity index (χ0) is 12.6. The molecule has 0 spiro atoms. The number of nitrogens with zero attached hydrogens (tertiary/aromatic N) is 1. The van der Waals surface area contributed by atoms with Gasteiger partial charge in [0.25, 0.3) is 0 Å². The fourth-order valence-electron chi connectivity index (χ4n) is 2.11. The van der Waals surface area contributed by atoms with Crippen molar-refractivity contribution in [1.29, 1.82) is 0 Å². The SMILES string of the molecule is CC1(C)OCC(CNc2nccc3sccc23)O1. The molecule has 1 unspecified atom stereocenters. The number of ether oxygens (including phenoxy) is 2. The van der Waals surface area contributed by atoms with E-state index in [-0.39, 0.29) is 6.10 Å². The van der Waals surface area contributed by atoms with Gasteiger partial charge < -0.3 is 14.8 Å². The molecule has 4 nitrogen and oxygen atoms in total. The Morgan fingerprint density at radius 3 is 3.17 bits per heavy atom. The lowest BCUT2D eigenvalue weighted by Crippen LogP contribution is -2.26. The minimum absolute atomic E-state index is 0.0793. The number of anilines is 1. The van der Waals surface area contributed by atoms with Gasteiger partial charge in [-0.15, -0.1) is 11.3 Å². The largest absolute Gasteiger partial charge is 0.367 e. The van der Waals surface area contributed by atoms with Crippen LogP contribution in [0.3, 0.4) is 0 Å². The highest BCUT2D eigenvalue weighted by Crippen LogP contribution is 2.27. The number of rotatable bonds is 3. The van der Waals surface area contributed by atoms with Crippen LogP contribution < -0.4 is 5.32 Å². The third-order valence-corrected chi connectivity index (χ3v) is 3.83. The van der Waals surface area contributed by atoms with Crippen LogP contribution in [0.1, 0.15) is 13.8 Å². The average molecular weight is 264 g/mol. The van der Waals surface area contributed by atoms with E-state index in [2.05, 4.69) is 21.7 Å². The highest BCUT2D eigenvalue weighted by atomic mass is 32.1. The molecule has 1 aliphatic rings. The predicted molar refractivity (Wildman–Crippen MR) is 73.0 cm³/mol. The van der Waals surface area contributed by atoms with Crippen molar-refractivity contribution in [3.63, 3.8) is 0 Å². The van der Waals surface area contributed by atoms with Gasteiger partial charge in [0, 0.05) is 22.8 Å². The highest BCUT2D eigenvalue weighted by molar-refractivity contribution is 7.17. The molecule has 0 amide bonds. The molecule has 1 atom stereocenters. The Morgan fingerprint density at radius 2 is 2.39 bits per heavy atom. The van der Waals surface area contributed by atoms with Gasteiger partial charge in [-0.05, 0) is 31.4 Å². The van der Waals surface area contributed by atoms with E-state index in [0.717, 1.165) is 5.82 Å². The summed E-state index contributed by atoms with van der Waals surface area (Å²) >= 11 is 1.72. The van der Waals surface area contributed by atoms with Crippen LogP contribution in [0.2, 0.25) is 0 Å². The van der Waals surface area contributed by atoms with Gasteiger partial charge in [-0.25, -0.2) is 4.98 Å². The van der Waals surface area contributed by atoms with Gasteiger partial charge in [0.05, 0.1) is 6.61 Å². The van der Waals surface area contributed by atoms with Crippen molar-refractivity contribution >= 4 is 27.2 Å². The molecule has 1 fully saturated rings. The van der Waals surface area contributed by atoms with Crippen molar-refractivity contribution in [2.24, 2.45) is 0 Å². The standard InChI is InChI=1S/C13H16N2O2S/c1-13(2)16-8-9(17-13)7-15-12-10-4-6-18-11(10)3-5-14-12/h3-6,9H,7-8H2,1-2H3,(H,14,15). The maximum atomic E-state index is 5.75. The molecule has 3 rings (SSSR count). The molecule has 2 aromatic rings. The fourth-order valence-corrected chi connectivity index (χ4v) is 2.89. The zero-order valence-electron chi connectivity index (χ0n) is 10.5. The van der Waals surface area contributed by atoms with Gasteiger partial charge in [-0.1, -0.05) is 0 Å². The summed E-state index contributed by atoms with van der Waals surface area (Å²) in [5, 5.41) is 6.59. The van der Waals surface area contributed by atoms with Gasteiger partial charge in [0.2, 0.25) is 0 Å². The van der Waals surface area contributed by atoms with Crippen LogP contribution in [0, 0.1) is 0 Å². The zero-order valence-corrected chi connectivity index (χ0v) is 11.3. The first-order valence-electron chi connectivity index (χ1n) is 6.02. The number of nitrogens with one attached hydrogen (secondary N) is 1. The minimum atomic E-state index is -0.464. The van der Waals surface area contributed by atoms with E-state index < -0.39 is 5.79 Å². The summed E-state index contributed by atoms with van der Waals surface area (Å²) in [7, 11) is 0. The van der Waals surface area contributed by atoms with Gasteiger partial charge in [0.1, 0.15) is 11.9 Å². The van der Waals surface area contributed by atoms with Crippen LogP contribution in [0.5, 0.6) is 0 Å². The molecule has 96 valence electrons. The summed E-state index contributed by atoms with van der Waals surface area (Å²) in [6.07, 6.45) is 1.91. The van der Waals surface area contributed by atoms with Crippen LogP contribution in [-0.4, -0.2) is 30.0 Å². The lowest BCUT2D eigenvalue weighted by atomic mass is 10.3. The molecular formula is C13H16N2O2S. The van der Waals surface area contributed by atoms with Crippen LogP contribution in [-0.2, 0) is 9.47 Å². The highest BCUT2D eigenvalue weighted by Gasteiger charge is 2.32. The predicted octanol–water partition coefficient (Wildman–Crippen LogP) is 2.86. The van der Waals surface area contributed by atoms with E-state index in [1.807, 2.05) is 26.1 Å². The molecule has 1 saturated heterocycles. The quantitative estimate of drug-likeness (QED) is 0.925. The first kappa shape index (κ1) is 11.9. The Balaban J connectivity index is 1.69. The first-order chi connectivity index (χ1) is 8.64. The molecule has 0 aromatic carbocycles. The maximum Gasteiger partial charge on any atom is 0.163 e. The molecule has 0 aliphatic carbocycles. The van der Waals surface area contributed by atoms with E-state index in [1.165, 1.54) is 10.1 Å². The summed E-state index contributed by atoms with van der Waals surface area (Å²) in [6.45, 7) is 5.21. The second-order valence-corrected chi connectivity index (χ2v) is 5.77. The Kier molecular flexibility index (Phi) is 2.97. The second-order valence-electron chi connectivity index (χ2n) is 4.82. The number of pyridine rings is 1. The second kappa shape index (κ2) is 4.50. The number of hydrogen-bond acceptors (Lipinski definition) is 5. The van der Waals surface area contributed by atoms with Crippen LogP contribution in [0.25, 0.3) is 10.1 Å². The molecule has 2 aromatic heterocycles. The monoisotopic (exact) mass is 264 g/mol. The maximum absolute atomic E-state index is 5.75. The van der Waals surface area contributed by atoms with Crippen molar-refractivity contribution in [1.82, 2.24) is 4.98 Å². The third kappa shape index (κ3) is 2.34. The van der Waals surface area contributed by atoms with Gasteiger partial charge in [0.15, 0.2) is 5.79 Å². The molecular weight excluding hydrogens is 248 g/mol. The van der Waals surface area contributed by atoms with Crippen LogP contribution >= 0.6 is 11.3 Å². The van der Waals surface area contributed by atoms with Crippen molar-refractivity contribution in [3.8, 4) is 0 Å². The molecule has 18 heavy (non-hydrogen) atoms. The lowest BCUT2D eigenvalue weighted by molar-refractivity contribution is -0.136. The van der Waals surface area contributed by atoms with E-state index >= 15 is 0 Å². The molecule has 0 radical (unpaired) electrons. The normalized spacial score (nSPS) is 22.4. The van der Waals surface area contributed by atoms with E-state index in [0.29, 0.717) is 13.2 Å². The fraction of sp³-hybridized carbons (Fsp3) is 0.462. The first-order valence-corrected chi connectivity index (χ1v) is 6.90. The number of fused-ring (bicyclic) bond motifs is 1. The summed E-state index contributed by atoms with van der Waals surface area (Å²) in [5.74, 6) is 0.454. The summed E-state index contributed by atoms with van der Waals surface area (Å²) in [6, 6.07) is 4.12. The van der Waals surface area contributed by atoms with Crippen LogP contribution in [0.15, 0.2) is 23.7 Å². The lowest BCUT2D eigenvalue weighted by Gasteiger charge is -2.17. The van der Waals surface area contributed by atoms with Crippen molar-refractivity contribution < 1.29 is 9.47 Å². The third-order valence-electron chi connectivity index (χ3n) is 2.94. The van der Waals surface area contributed by atoms with E-state index in [4.69, 9.17) is 9.47 Å². The van der Waals surface area contributed by atoms with E-state index in [1.54, 1.807) is 11.3 Å². The Bertz CT molecular complexity index is 553. The molecule has 0 saturated carbocycles. The number of thiophene rings is 1.